The molecule has 0 bridgehead atoms. The first-order chi connectivity index (χ1) is 10.1. The molecule has 1 rings (SSSR count). The lowest BCUT2D eigenvalue weighted by Gasteiger charge is -2.40. The molecule has 0 amide bonds. The van der Waals surface area contributed by atoms with Gasteiger partial charge in [-0.2, -0.15) is 33.4 Å². The van der Waals surface area contributed by atoms with Crippen molar-refractivity contribution in [1.82, 2.24) is 0 Å². The van der Waals surface area contributed by atoms with Crippen molar-refractivity contribution in [3.8, 4) is 0 Å². The maximum atomic E-state index is 12.6. The number of hydrogen-bond donors (Lipinski definition) is 0. The van der Waals surface area contributed by atoms with Gasteiger partial charge in [0.2, 0.25) is 0 Å². The number of carbonyl (C=O) groups excluding carboxylic acids is 1. The summed E-state index contributed by atoms with van der Waals surface area (Å²) in [6, 6.07) is 0. The minimum atomic E-state index is -5.65. The fraction of sp³-hybridized carbons (Fsp3) is 0.917. The number of rotatable bonds is 8. The van der Waals surface area contributed by atoms with E-state index >= 15 is 0 Å². The Morgan fingerprint density at radius 3 is 2.32 bits per heavy atom. The lowest BCUT2D eigenvalue weighted by atomic mass is 10.2. The number of thioether (sulfide) groups is 1. The molecule has 0 aliphatic carbocycles. The van der Waals surface area contributed by atoms with Crippen molar-refractivity contribution in [1.29, 1.82) is 0 Å². The predicted octanol–water partition coefficient (Wildman–Crippen LogP) is 3.47. The average molecular weight is 382 g/mol. The van der Waals surface area contributed by atoms with Gasteiger partial charge in [0.05, 0.1) is 5.75 Å². The van der Waals surface area contributed by atoms with Gasteiger partial charge in [0.1, 0.15) is 5.78 Å². The minimum Gasteiger partial charge on any atom is -0.299 e. The van der Waals surface area contributed by atoms with Crippen LogP contribution in [-0.4, -0.2) is 48.5 Å². The Labute approximate surface area is 135 Å². The maximum Gasteiger partial charge on any atom is 0.523 e. The van der Waals surface area contributed by atoms with Crippen LogP contribution in [0, 0.1) is 0 Å². The van der Waals surface area contributed by atoms with Gasteiger partial charge in [-0.05, 0) is 6.42 Å². The quantitative estimate of drug-likeness (QED) is 0.475. The molecule has 1 heterocycles. The molecule has 0 aromatic heterocycles. The summed E-state index contributed by atoms with van der Waals surface area (Å²) < 4.78 is 64.9. The Bertz CT molecular complexity index is 470. The standard InChI is InChI=1S/C12H21F3O4S3/c1-2-3-4-5-11(16)10-21(8-6-20-7-9-21)19-22(17,18)12(13,14)15/h2-10H2,1H3. The van der Waals surface area contributed by atoms with Crippen LogP contribution in [0.25, 0.3) is 0 Å². The van der Waals surface area contributed by atoms with Crippen molar-refractivity contribution < 1.29 is 30.0 Å². The SMILES string of the molecule is CCCCCC(=O)CS1(OS(=O)(=O)C(F)(F)F)CCSCC1. The summed E-state index contributed by atoms with van der Waals surface area (Å²) in [6.07, 6.45) is 2.74. The number of alkyl halides is 3. The normalized spacial score (nSPS) is 20.5. The van der Waals surface area contributed by atoms with E-state index in [0.717, 1.165) is 12.8 Å². The Morgan fingerprint density at radius 1 is 1.23 bits per heavy atom. The van der Waals surface area contributed by atoms with Crippen molar-refractivity contribution in [3.05, 3.63) is 0 Å². The summed E-state index contributed by atoms with van der Waals surface area (Å²) in [5, 5.41) is 0. The molecule has 0 saturated carbocycles. The van der Waals surface area contributed by atoms with E-state index in [1.165, 1.54) is 11.8 Å². The number of unbranched alkanes of at least 4 members (excludes halogenated alkanes) is 2. The Hall–Kier alpha value is 0.0700. The average Bonchev–Trinajstić information content (AvgIpc) is 2.37. The first-order valence-electron chi connectivity index (χ1n) is 7.00. The highest BCUT2D eigenvalue weighted by molar-refractivity contribution is 8.34. The van der Waals surface area contributed by atoms with Crippen LogP contribution < -0.4 is 0 Å². The van der Waals surface area contributed by atoms with Crippen LogP contribution >= 0.6 is 22.1 Å². The smallest absolute Gasteiger partial charge is 0.299 e. The number of ketones is 1. The zero-order chi connectivity index (χ0) is 16.9. The fourth-order valence-electron chi connectivity index (χ4n) is 2.03. The first kappa shape index (κ1) is 20.1. The molecule has 132 valence electrons. The van der Waals surface area contributed by atoms with E-state index in [9.17, 15) is 26.4 Å². The Morgan fingerprint density at radius 2 is 1.82 bits per heavy atom. The summed E-state index contributed by atoms with van der Waals surface area (Å²) in [7, 11) is -8.20. The number of carbonyl (C=O) groups is 1. The highest BCUT2D eigenvalue weighted by Gasteiger charge is 2.51. The van der Waals surface area contributed by atoms with E-state index in [1.54, 1.807) is 0 Å². The van der Waals surface area contributed by atoms with Crippen LogP contribution in [0.2, 0.25) is 0 Å². The number of hydrogen-bond acceptors (Lipinski definition) is 5. The monoisotopic (exact) mass is 382 g/mol. The topological polar surface area (TPSA) is 60.4 Å². The van der Waals surface area contributed by atoms with Crippen molar-refractivity contribution >= 4 is 38.0 Å². The molecule has 0 aromatic rings. The molecule has 0 aromatic carbocycles. The van der Waals surface area contributed by atoms with Crippen LogP contribution in [-0.2, 0) is 18.5 Å². The molecule has 0 spiro atoms. The molecule has 0 radical (unpaired) electrons. The van der Waals surface area contributed by atoms with Crippen LogP contribution in [0.5, 0.6) is 0 Å². The summed E-state index contributed by atoms with van der Waals surface area (Å²) in [5.41, 5.74) is -5.44. The second-order valence-electron chi connectivity index (χ2n) is 5.09. The summed E-state index contributed by atoms with van der Waals surface area (Å²) in [6.45, 7) is 1.98. The highest BCUT2D eigenvalue weighted by Crippen LogP contribution is 2.55. The third-order valence-corrected chi connectivity index (χ3v) is 9.89. The molecule has 0 atom stereocenters. The van der Waals surface area contributed by atoms with E-state index in [2.05, 4.69) is 3.63 Å². The van der Waals surface area contributed by atoms with E-state index in [4.69, 9.17) is 0 Å². The van der Waals surface area contributed by atoms with E-state index in [0.29, 0.717) is 17.9 Å². The lowest BCUT2D eigenvalue weighted by molar-refractivity contribution is -0.116. The molecule has 1 aliphatic rings. The molecular formula is C12H21F3O4S3. The van der Waals surface area contributed by atoms with Gasteiger partial charge in [0.25, 0.3) is 0 Å². The van der Waals surface area contributed by atoms with E-state index < -0.39 is 25.9 Å². The molecule has 1 fully saturated rings. The molecule has 1 aliphatic heterocycles. The van der Waals surface area contributed by atoms with Crippen LogP contribution in [0.3, 0.4) is 0 Å². The van der Waals surface area contributed by atoms with Gasteiger partial charge in [0.15, 0.2) is 0 Å². The van der Waals surface area contributed by atoms with Crippen LogP contribution in [0.4, 0.5) is 13.2 Å². The third kappa shape index (κ3) is 5.93. The van der Waals surface area contributed by atoms with E-state index in [-0.39, 0.29) is 29.5 Å². The second kappa shape index (κ2) is 8.25. The van der Waals surface area contributed by atoms with Crippen molar-refractivity contribution in [2.45, 2.75) is 38.1 Å². The van der Waals surface area contributed by atoms with Gasteiger partial charge in [0, 0.05) is 29.4 Å². The zero-order valence-corrected chi connectivity index (χ0v) is 14.8. The Balaban J connectivity index is 2.80. The van der Waals surface area contributed by atoms with Gasteiger partial charge in [-0.1, -0.05) is 19.8 Å². The Kier molecular flexibility index (Phi) is 7.55. The second-order valence-corrected chi connectivity index (χ2v) is 11.3. The predicted molar refractivity (Wildman–Crippen MR) is 84.7 cm³/mol. The summed E-state index contributed by atoms with van der Waals surface area (Å²) >= 11 is 1.53. The van der Waals surface area contributed by atoms with Gasteiger partial charge in [-0.25, -0.2) is 3.63 Å². The molecular weight excluding hydrogens is 361 g/mol. The van der Waals surface area contributed by atoms with Gasteiger partial charge in [-0.15, -0.1) is 10.3 Å². The molecule has 22 heavy (non-hydrogen) atoms. The maximum absolute atomic E-state index is 12.6. The zero-order valence-electron chi connectivity index (χ0n) is 12.4. The van der Waals surface area contributed by atoms with Gasteiger partial charge in [-0.3, -0.25) is 4.79 Å². The molecule has 0 N–H and O–H groups in total. The molecule has 4 nitrogen and oxygen atoms in total. The van der Waals surface area contributed by atoms with Crippen molar-refractivity contribution in [2.24, 2.45) is 0 Å². The van der Waals surface area contributed by atoms with E-state index in [1.807, 2.05) is 6.92 Å². The minimum absolute atomic E-state index is 0.188. The summed E-state index contributed by atoms with van der Waals surface area (Å²) in [5.74, 6) is 1.08. The number of halogens is 3. The third-order valence-electron chi connectivity index (χ3n) is 3.20. The highest BCUT2D eigenvalue weighted by atomic mass is 32.3. The van der Waals surface area contributed by atoms with Gasteiger partial charge < -0.3 is 0 Å². The number of Topliss-reactive ketones (excluding diaryl/α,β-unsaturated/α-hetero) is 1. The van der Waals surface area contributed by atoms with Crippen molar-refractivity contribution in [3.63, 3.8) is 0 Å². The van der Waals surface area contributed by atoms with Crippen LogP contribution in [0.15, 0.2) is 0 Å². The molecule has 1 saturated heterocycles. The molecule has 0 unspecified atom stereocenters. The molecule has 10 heteroatoms. The lowest BCUT2D eigenvalue weighted by Crippen LogP contribution is -2.34. The first-order valence-corrected chi connectivity index (χ1v) is 11.6. The fourth-order valence-corrected chi connectivity index (χ4v) is 9.39. The summed E-state index contributed by atoms with van der Waals surface area (Å²) in [4.78, 5) is 12.0. The van der Waals surface area contributed by atoms with Crippen molar-refractivity contribution in [2.75, 3.05) is 28.8 Å². The largest absolute Gasteiger partial charge is 0.523 e. The van der Waals surface area contributed by atoms with Gasteiger partial charge >= 0.3 is 15.6 Å². The van der Waals surface area contributed by atoms with Crippen LogP contribution in [0.1, 0.15) is 32.6 Å².